The van der Waals surface area contributed by atoms with Gasteiger partial charge in [-0.25, -0.2) is 0 Å². The molecule has 6 heteroatoms. The van der Waals surface area contributed by atoms with Gasteiger partial charge in [-0.15, -0.1) is 0 Å². The van der Waals surface area contributed by atoms with E-state index in [0.29, 0.717) is 13.1 Å². The predicted molar refractivity (Wildman–Crippen MR) is 57.6 cm³/mol. The Hall–Kier alpha value is -1.14. The number of pyridine rings is 1. The molecule has 96 valence electrons. The van der Waals surface area contributed by atoms with Crippen LogP contribution in [-0.4, -0.2) is 30.9 Å². The molecule has 0 aliphatic rings. The Morgan fingerprint density at radius 1 is 1.35 bits per heavy atom. The summed E-state index contributed by atoms with van der Waals surface area (Å²) in [6.07, 6.45) is -4.25. The molecule has 0 bridgehead atoms. The summed E-state index contributed by atoms with van der Waals surface area (Å²) in [7, 11) is 0. The molecule has 0 aromatic carbocycles. The molecule has 0 spiro atoms. The van der Waals surface area contributed by atoms with E-state index in [1.165, 1.54) is 0 Å². The number of aryl methyl sites for hydroxylation is 1. The normalized spacial score (nSPS) is 11.8. The number of hydrogen-bond donors (Lipinski definition) is 1. The molecule has 0 radical (unpaired) electrons. The van der Waals surface area contributed by atoms with Gasteiger partial charge in [0.25, 0.3) is 0 Å². The van der Waals surface area contributed by atoms with Crippen LogP contribution in [0.1, 0.15) is 11.4 Å². The molecule has 0 aliphatic carbocycles. The third kappa shape index (κ3) is 6.91. The van der Waals surface area contributed by atoms with E-state index in [1.54, 1.807) is 0 Å². The summed E-state index contributed by atoms with van der Waals surface area (Å²) in [5.74, 6) is 0. The van der Waals surface area contributed by atoms with Gasteiger partial charge >= 0.3 is 6.18 Å². The third-order valence-electron chi connectivity index (χ3n) is 1.94. The third-order valence-corrected chi connectivity index (χ3v) is 1.94. The zero-order chi connectivity index (χ0) is 12.7. The number of nitrogens with zero attached hydrogens (tertiary/aromatic N) is 1. The van der Waals surface area contributed by atoms with Gasteiger partial charge in [0, 0.05) is 18.8 Å². The van der Waals surface area contributed by atoms with Crippen LogP contribution >= 0.6 is 0 Å². The second-order valence-corrected chi connectivity index (χ2v) is 3.61. The molecule has 0 unspecified atom stereocenters. The maximum absolute atomic E-state index is 11.7. The van der Waals surface area contributed by atoms with Crippen molar-refractivity contribution in [2.45, 2.75) is 19.6 Å². The number of alkyl halides is 3. The Morgan fingerprint density at radius 2 is 2.12 bits per heavy atom. The number of nitrogens with one attached hydrogen (secondary N) is 1. The van der Waals surface area contributed by atoms with Crippen molar-refractivity contribution in [3.8, 4) is 0 Å². The van der Waals surface area contributed by atoms with E-state index in [9.17, 15) is 13.2 Å². The van der Waals surface area contributed by atoms with Gasteiger partial charge in [0.15, 0.2) is 0 Å². The van der Waals surface area contributed by atoms with Crippen molar-refractivity contribution in [2.75, 3.05) is 19.8 Å². The van der Waals surface area contributed by atoms with Gasteiger partial charge < -0.3 is 10.1 Å². The highest BCUT2D eigenvalue weighted by Gasteiger charge is 2.27. The Morgan fingerprint density at radius 3 is 2.76 bits per heavy atom. The van der Waals surface area contributed by atoms with E-state index >= 15 is 0 Å². The smallest absolute Gasteiger partial charge is 0.371 e. The summed E-state index contributed by atoms with van der Waals surface area (Å²) < 4.78 is 39.6. The van der Waals surface area contributed by atoms with Crippen LogP contribution in [0.25, 0.3) is 0 Å². The molecular weight excluding hydrogens is 233 g/mol. The fraction of sp³-hybridized carbons (Fsp3) is 0.545. The van der Waals surface area contributed by atoms with E-state index < -0.39 is 12.8 Å². The van der Waals surface area contributed by atoms with Crippen LogP contribution in [0.15, 0.2) is 18.2 Å². The van der Waals surface area contributed by atoms with E-state index in [1.807, 2.05) is 25.1 Å². The van der Waals surface area contributed by atoms with Gasteiger partial charge in [0.05, 0.1) is 12.3 Å². The van der Waals surface area contributed by atoms with Crippen LogP contribution in [0.5, 0.6) is 0 Å². The molecule has 0 saturated carbocycles. The van der Waals surface area contributed by atoms with Crippen molar-refractivity contribution in [3.63, 3.8) is 0 Å². The van der Waals surface area contributed by atoms with Gasteiger partial charge in [-0.3, -0.25) is 4.98 Å². The summed E-state index contributed by atoms with van der Waals surface area (Å²) >= 11 is 0. The topological polar surface area (TPSA) is 34.1 Å². The first-order valence-electron chi connectivity index (χ1n) is 5.25. The first-order chi connectivity index (χ1) is 7.97. The number of ether oxygens (including phenoxy) is 1. The van der Waals surface area contributed by atoms with Crippen LogP contribution in [0.4, 0.5) is 13.2 Å². The zero-order valence-corrected chi connectivity index (χ0v) is 9.55. The first-order valence-corrected chi connectivity index (χ1v) is 5.25. The van der Waals surface area contributed by atoms with Gasteiger partial charge in [0.1, 0.15) is 6.61 Å². The second-order valence-electron chi connectivity index (χ2n) is 3.61. The summed E-state index contributed by atoms with van der Waals surface area (Å²) in [5.41, 5.74) is 1.78. The van der Waals surface area contributed by atoms with Crippen LogP contribution in [0.2, 0.25) is 0 Å². The lowest BCUT2D eigenvalue weighted by molar-refractivity contribution is -0.173. The number of halogens is 3. The SMILES string of the molecule is Cc1cccc(CNCCOCC(F)(F)F)n1. The summed E-state index contributed by atoms with van der Waals surface area (Å²) in [6.45, 7) is 1.61. The molecule has 17 heavy (non-hydrogen) atoms. The van der Waals surface area contributed by atoms with Crippen LogP contribution < -0.4 is 5.32 Å². The van der Waals surface area contributed by atoms with Gasteiger partial charge in [-0.05, 0) is 19.1 Å². The maximum atomic E-state index is 11.7. The second kappa shape index (κ2) is 6.56. The maximum Gasteiger partial charge on any atom is 0.411 e. The van der Waals surface area contributed by atoms with Crippen molar-refractivity contribution < 1.29 is 17.9 Å². The first kappa shape index (κ1) is 13.9. The van der Waals surface area contributed by atoms with Crippen molar-refractivity contribution in [2.24, 2.45) is 0 Å². The van der Waals surface area contributed by atoms with Crippen molar-refractivity contribution in [1.29, 1.82) is 0 Å². The van der Waals surface area contributed by atoms with Crippen molar-refractivity contribution in [1.82, 2.24) is 10.3 Å². The Bertz CT molecular complexity index is 342. The lowest BCUT2D eigenvalue weighted by atomic mass is 10.3. The van der Waals surface area contributed by atoms with E-state index in [2.05, 4.69) is 15.0 Å². The summed E-state index contributed by atoms with van der Waals surface area (Å²) in [5, 5.41) is 2.96. The van der Waals surface area contributed by atoms with Crippen LogP contribution in [0.3, 0.4) is 0 Å². The van der Waals surface area contributed by atoms with E-state index in [4.69, 9.17) is 0 Å². The Labute approximate surface area is 98.0 Å². The molecule has 3 nitrogen and oxygen atoms in total. The highest BCUT2D eigenvalue weighted by molar-refractivity contribution is 5.09. The average Bonchev–Trinajstić information content (AvgIpc) is 2.22. The average molecular weight is 248 g/mol. The molecule has 0 saturated heterocycles. The standard InChI is InChI=1S/C11H15F3N2O/c1-9-3-2-4-10(16-9)7-15-5-6-17-8-11(12,13)14/h2-4,15H,5-8H2,1H3. The highest BCUT2D eigenvalue weighted by Crippen LogP contribution is 2.13. The highest BCUT2D eigenvalue weighted by atomic mass is 19.4. The molecule has 1 aromatic heterocycles. The zero-order valence-electron chi connectivity index (χ0n) is 9.55. The molecule has 0 aliphatic heterocycles. The largest absolute Gasteiger partial charge is 0.411 e. The Balaban J connectivity index is 2.09. The molecule has 1 aromatic rings. The summed E-state index contributed by atoms with van der Waals surface area (Å²) in [6, 6.07) is 5.63. The quantitative estimate of drug-likeness (QED) is 0.782. The minimum atomic E-state index is -4.25. The Kier molecular flexibility index (Phi) is 5.37. The van der Waals surface area contributed by atoms with Crippen molar-refractivity contribution in [3.05, 3.63) is 29.6 Å². The lowest BCUT2D eigenvalue weighted by Gasteiger charge is -2.08. The van der Waals surface area contributed by atoms with E-state index in [-0.39, 0.29) is 6.61 Å². The van der Waals surface area contributed by atoms with Crippen LogP contribution in [-0.2, 0) is 11.3 Å². The van der Waals surface area contributed by atoms with Crippen molar-refractivity contribution >= 4 is 0 Å². The number of hydrogen-bond acceptors (Lipinski definition) is 3. The minimum Gasteiger partial charge on any atom is -0.371 e. The lowest BCUT2D eigenvalue weighted by Crippen LogP contribution is -2.24. The van der Waals surface area contributed by atoms with Gasteiger partial charge in [-0.2, -0.15) is 13.2 Å². The van der Waals surface area contributed by atoms with E-state index in [0.717, 1.165) is 11.4 Å². The molecule has 0 atom stereocenters. The fourth-order valence-corrected chi connectivity index (χ4v) is 1.25. The number of rotatable bonds is 6. The van der Waals surface area contributed by atoms with Crippen LogP contribution in [0, 0.1) is 6.92 Å². The fourth-order valence-electron chi connectivity index (χ4n) is 1.25. The number of aromatic nitrogens is 1. The monoisotopic (exact) mass is 248 g/mol. The van der Waals surface area contributed by atoms with Gasteiger partial charge in [0.2, 0.25) is 0 Å². The summed E-state index contributed by atoms with van der Waals surface area (Å²) in [4.78, 5) is 4.25. The predicted octanol–water partition coefficient (Wildman–Crippen LogP) is 2.06. The molecule has 0 amide bonds. The molecule has 1 heterocycles. The molecule has 0 fully saturated rings. The molecule has 1 N–H and O–H groups in total. The minimum absolute atomic E-state index is 0.0331. The van der Waals surface area contributed by atoms with Gasteiger partial charge in [-0.1, -0.05) is 6.07 Å². The molecule has 1 rings (SSSR count). The molecular formula is C11H15F3N2O.